The maximum atomic E-state index is 11.3. The van der Waals surface area contributed by atoms with E-state index < -0.39 is 6.10 Å². The van der Waals surface area contributed by atoms with Crippen LogP contribution in [0.5, 0.6) is 0 Å². The average molecular weight is 301 g/mol. The number of carbonyl (C=O) groups is 1. The van der Waals surface area contributed by atoms with E-state index in [1.165, 1.54) is 4.90 Å². The molecule has 1 rings (SSSR count). The molecule has 0 radical (unpaired) electrons. The summed E-state index contributed by atoms with van der Waals surface area (Å²) in [6, 6.07) is 7.35. The molecule has 1 unspecified atom stereocenters. The summed E-state index contributed by atoms with van der Waals surface area (Å²) in [5.41, 5.74) is 0.998. The summed E-state index contributed by atoms with van der Waals surface area (Å²) in [4.78, 5) is 12.8. The maximum absolute atomic E-state index is 11.3. The predicted octanol–water partition coefficient (Wildman–Crippen LogP) is 0.895. The van der Waals surface area contributed by atoms with E-state index in [0.717, 1.165) is 5.56 Å². The van der Waals surface area contributed by atoms with Gasteiger partial charge in [0.2, 0.25) is 5.91 Å². The van der Waals surface area contributed by atoms with Crippen LogP contribution in [-0.4, -0.2) is 55.8 Å². The van der Waals surface area contributed by atoms with Gasteiger partial charge in [-0.2, -0.15) is 0 Å². The Kier molecular flexibility index (Phi) is 7.54. The topological polar surface area (TPSA) is 61.8 Å². The van der Waals surface area contributed by atoms with Crippen LogP contribution in [-0.2, 0) is 16.1 Å². The fourth-order valence-electron chi connectivity index (χ4n) is 1.46. The largest absolute Gasteiger partial charge is 0.389 e. The van der Waals surface area contributed by atoms with Crippen LogP contribution in [0.15, 0.2) is 24.3 Å². The lowest BCUT2D eigenvalue weighted by atomic mass is 10.2. The molecule has 0 fully saturated rings. The van der Waals surface area contributed by atoms with Gasteiger partial charge in [0, 0.05) is 25.7 Å². The Hall–Kier alpha value is -1.14. The molecule has 1 aromatic carbocycles. The quantitative estimate of drug-likeness (QED) is 0.749. The second kappa shape index (κ2) is 8.92. The number of rotatable bonds is 8. The number of carbonyl (C=O) groups excluding carboxylic acids is 1. The zero-order chi connectivity index (χ0) is 15.0. The van der Waals surface area contributed by atoms with E-state index in [1.54, 1.807) is 26.2 Å². The molecule has 0 spiro atoms. The Labute approximate surface area is 124 Å². The highest BCUT2D eigenvalue weighted by Crippen LogP contribution is 2.10. The van der Waals surface area contributed by atoms with Crippen molar-refractivity contribution in [2.45, 2.75) is 12.7 Å². The zero-order valence-corrected chi connectivity index (χ0v) is 12.6. The van der Waals surface area contributed by atoms with Gasteiger partial charge >= 0.3 is 0 Å². The fraction of sp³-hybridized carbons (Fsp3) is 0.500. The number of nitrogens with zero attached hydrogens (tertiary/aromatic N) is 1. The van der Waals surface area contributed by atoms with Crippen molar-refractivity contribution in [3.8, 4) is 0 Å². The minimum absolute atomic E-state index is 0.0284. The number of nitrogens with one attached hydrogen (secondary N) is 1. The number of benzene rings is 1. The second-order valence-corrected chi connectivity index (χ2v) is 5.15. The molecule has 0 bridgehead atoms. The number of likely N-dealkylation sites (N-methyl/N-ethyl adjacent to an activating group) is 1. The van der Waals surface area contributed by atoms with Crippen molar-refractivity contribution < 1.29 is 14.6 Å². The molecule has 0 aliphatic rings. The van der Waals surface area contributed by atoms with Crippen LogP contribution in [0.25, 0.3) is 0 Å². The monoisotopic (exact) mass is 300 g/mol. The molecule has 0 aliphatic heterocycles. The Morgan fingerprint density at radius 1 is 1.40 bits per heavy atom. The van der Waals surface area contributed by atoms with Crippen molar-refractivity contribution in [2.75, 3.05) is 33.8 Å². The van der Waals surface area contributed by atoms with Gasteiger partial charge in [-0.05, 0) is 17.7 Å². The number of aliphatic hydroxyl groups is 1. The maximum Gasteiger partial charge on any atom is 0.236 e. The van der Waals surface area contributed by atoms with E-state index in [4.69, 9.17) is 16.3 Å². The smallest absolute Gasteiger partial charge is 0.236 e. The van der Waals surface area contributed by atoms with Gasteiger partial charge in [0.25, 0.3) is 0 Å². The first-order valence-corrected chi connectivity index (χ1v) is 6.78. The van der Waals surface area contributed by atoms with Gasteiger partial charge in [-0.15, -0.1) is 0 Å². The van der Waals surface area contributed by atoms with Crippen LogP contribution in [0.2, 0.25) is 5.02 Å². The van der Waals surface area contributed by atoms with Crippen molar-refractivity contribution in [1.82, 2.24) is 10.2 Å². The van der Waals surface area contributed by atoms with Crippen LogP contribution in [0.3, 0.4) is 0 Å². The van der Waals surface area contributed by atoms with Crippen molar-refractivity contribution >= 4 is 17.5 Å². The van der Waals surface area contributed by atoms with Gasteiger partial charge in [0.15, 0.2) is 0 Å². The first-order chi connectivity index (χ1) is 9.49. The van der Waals surface area contributed by atoms with Gasteiger partial charge in [-0.25, -0.2) is 0 Å². The third-order valence-corrected chi connectivity index (χ3v) is 2.90. The number of halogens is 1. The highest BCUT2D eigenvalue weighted by molar-refractivity contribution is 6.30. The molecule has 0 saturated heterocycles. The van der Waals surface area contributed by atoms with E-state index in [2.05, 4.69) is 5.32 Å². The van der Waals surface area contributed by atoms with Gasteiger partial charge < -0.3 is 20.1 Å². The fourth-order valence-corrected chi connectivity index (χ4v) is 1.58. The third kappa shape index (κ3) is 6.86. The van der Waals surface area contributed by atoms with Gasteiger partial charge in [0.05, 0.1) is 25.9 Å². The lowest BCUT2D eigenvalue weighted by Gasteiger charge is -2.14. The molecule has 5 nitrogen and oxygen atoms in total. The van der Waals surface area contributed by atoms with E-state index in [-0.39, 0.29) is 19.1 Å². The molecule has 0 aromatic heterocycles. The third-order valence-electron chi connectivity index (χ3n) is 2.65. The minimum Gasteiger partial charge on any atom is -0.389 e. The Balaban J connectivity index is 2.12. The molecule has 2 N–H and O–H groups in total. The highest BCUT2D eigenvalue weighted by Gasteiger charge is 2.07. The molecule has 1 amide bonds. The summed E-state index contributed by atoms with van der Waals surface area (Å²) >= 11 is 5.78. The molecular weight excluding hydrogens is 280 g/mol. The molecule has 112 valence electrons. The molecule has 1 aromatic rings. The Morgan fingerprint density at radius 2 is 2.05 bits per heavy atom. The van der Waals surface area contributed by atoms with E-state index >= 15 is 0 Å². The van der Waals surface area contributed by atoms with Crippen LogP contribution in [0.1, 0.15) is 5.56 Å². The number of aliphatic hydroxyl groups excluding tert-OH is 1. The summed E-state index contributed by atoms with van der Waals surface area (Å²) < 4.78 is 5.40. The Bertz CT molecular complexity index is 409. The summed E-state index contributed by atoms with van der Waals surface area (Å²) in [5.74, 6) is -0.0284. The summed E-state index contributed by atoms with van der Waals surface area (Å²) in [5, 5.41) is 13.3. The molecule has 20 heavy (non-hydrogen) atoms. The number of hydrogen-bond donors (Lipinski definition) is 2. The van der Waals surface area contributed by atoms with Gasteiger partial charge in [-0.3, -0.25) is 4.79 Å². The number of hydrogen-bond acceptors (Lipinski definition) is 4. The first kappa shape index (κ1) is 16.9. The number of ether oxygens (including phenoxy) is 1. The van der Waals surface area contributed by atoms with Crippen molar-refractivity contribution in [3.05, 3.63) is 34.9 Å². The first-order valence-electron chi connectivity index (χ1n) is 6.40. The molecular formula is C14H21ClN2O3. The van der Waals surface area contributed by atoms with Crippen LogP contribution in [0, 0.1) is 0 Å². The lowest BCUT2D eigenvalue weighted by molar-refractivity contribution is -0.127. The van der Waals surface area contributed by atoms with Crippen LogP contribution in [0.4, 0.5) is 0 Å². The van der Waals surface area contributed by atoms with E-state index in [1.807, 2.05) is 12.1 Å². The average Bonchev–Trinajstić information content (AvgIpc) is 2.40. The molecule has 1 atom stereocenters. The summed E-state index contributed by atoms with van der Waals surface area (Å²) in [7, 11) is 3.38. The molecule has 0 saturated carbocycles. The van der Waals surface area contributed by atoms with E-state index in [9.17, 15) is 9.90 Å². The summed E-state index contributed by atoms with van der Waals surface area (Å²) in [6.07, 6.45) is -0.641. The van der Waals surface area contributed by atoms with Crippen molar-refractivity contribution in [3.63, 3.8) is 0 Å². The predicted molar refractivity (Wildman–Crippen MR) is 78.7 cm³/mol. The Morgan fingerprint density at radius 3 is 2.65 bits per heavy atom. The van der Waals surface area contributed by atoms with Crippen molar-refractivity contribution in [2.24, 2.45) is 0 Å². The SMILES string of the molecule is CN(C)C(=O)CNCC(O)COCc1ccc(Cl)cc1. The van der Waals surface area contributed by atoms with Crippen molar-refractivity contribution in [1.29, 1.82) is 0 Å². The molecule has 6 heteroatoms. The summed E-state index contributed by atoms with van der Waals surface area (Å²) in [6.45, 7) is 1.16. The zero-order valence-electron chi connectivity index (χ0n) is 11.8. The normalized spacial score (nSPS) is 12.2. The van der Waals surface area contributed by atoms with Crippen LogP contribution < -0.4 is 5.32 Å². The second-order valence-electron chi connectivity index (χ2n) is 4.71. The van der Waals surface area contributed by atoms with Gasteiger partial charge in [-0.1, -0.05) is 23.7 Å². The highest BCUT2D eigenvalue weighted by atomic mass is 35.5. The van der Waals surface area contributed by atoms with Crippen LogP contribution >= 0.6 is 11.6 Å². The molecule has 0 heterocycles. The molecule has 0 aliphatic carbocycles. The standard InChI is InChI=1S/C14H21ClN2O3/c1-17(2)14(19)8-16-7-13(18)10-20-9-11-3-5-12(15)6-4-11/h3-6,13,16,18H,7-10H2,1-2H3. The van der Waals surface area contributed by atoms with Gasteiger partial charge in [0.1, 0.15) is 0 Å². The number of amides is 1. The minimum atomic E-state index is -0.641. The van der Waals surface area contributed by atoms with E-state index in [0.29, 0.717) is 18.2 Å². The lowest BCUT2D eigenvalue weighted by Crippen LogP contribution is -2.38.